The highest BCUT2D eigenvalue weighted by molar-refractivity contribution is 5.91. The van der Waals surface area contributed by atoms with Crippen LogP contribution in [0, 0.1) is 11.3 Å². The van der Waals surface area contributed by atoms with Gasteiger partial charge in [-0.3, -0.25) is 4.79 Å². The number of Topliss-reactive ketones (excluding diaryl/α,β-unsaturated/α-hetero) is 1. The number of carbonyl (C=O) groups is 1. The summed E-state index contributed by atoms with van der Waals surface area (Å²) in [7, 11) is 0. The van der Waals surface area contributed by atoms with E-state index in [1.165, 1.54) is 38.5 Å². The molecule has 0 N–H and O–H groups in total. The number of rotatable bonds is 0. The third-order valence-electron chi connectivity index (χ3n) is 5.87. The smallest absolute Gasteiger partial charge is 0.139 e. The Bertz CT molecular complexity index is 504. The third kappa shape index (κ3) is 1.25. The van der Waals surface area contributed by atoms with E-state index >= 15 is 0 Å². The fourth-order valence-corrected chi connectivity index (χ4v) is 4.90. The van der Waals surface area contributed by atoms with Crippen LogP contribution in [-0.2, 0) is 11.2 Å². The Hall–Kier alpha value is -1.11. The number of benzene rings is 1. The maximum atomic E-state index is 12.2. The van der Waals surface area contributed by atoms with Crippen molar-refractivity contribution < 1.29 is 4.79 Å². The van der Waals surface area contributed by atoms with Crippen LogP contribution in [0.2, 0.25) is 0 Å². The zero-order valence-electron chi connectivity index (χ0n) is 10.8. The zero-order chi connectivity index (χ0) is 12.2. The third-order valence-corrected chi connectivity index (χ3v) is 5.87. The lowest BCUT2D eigenvalue weighted by molar-refractivity contribution is -0.148. The first-order valence-corrected chi connectivity index (χ1v) is 7.42. The molecular weight excluding hydrogens is 220 g/mol. The van der Waals surface area contributed by atoms with Crippen molar-refractivity contribution in [1.82, 2.24) is 0 Å². The van der Waals surface area contributed by atoms with Crippen LogP contribution in [0.1, 0.15) is 55.6 Å². The van der Waals surface area contributed by atoms with Crippen LogP contribution in [-0.4, -0.2) is 5.78 Å². The largest absolute Gasteiger partial charge is 0.299 e. The fourth-order valence-electron chi connectivity index (χ4n) is 4.90. The predicted octanol–water partition coefficient (Wildman–Crippen LogP) is 3.87. The molecule has 0 amide bonds. The molecule has 1 aromatic rings. The van der Waals surface area contributed by atoms with Gasteiger partial charge in [0, 0.05) is 11.8 Å². The Balaban J connectivity index is 1.77. The van der Waals surface area contributed by atoms with Crippen molar-refractivity contribution in [2.45, 2.75) is 50.9 Å². The minimum Gasteiger partial charge on any atom is -0.299 e. The van der Waals surface area contributed by atoms with E-state index in [0.717, 1.165) is 6.42 Å². The summed E-state index contributed by atoms with van der Waals surface area (Å²) in [6.45, 7) is 0. The molecule has 1 heteroatoms. The molecular formula is C17H20O. The number of hydrogen-bond acceptors (Lipinski definition) is 1. The van der Waals surface area contributed by atoms with Crippen LogP contribution in [0.25, 0.3) is 0 Å². The van der Waals surface area contributed by atoms with Gasteiger partial charge in [-0.2, -0.15) is 0 Å². The van der Waals surface area contributed by atoms with Gasteiger partial charge < -0.3 is 0 Å². The molecule has 0 unspecified atom stereocenters. The topological polar surface area (TPSA) is 17.1 Å². The van der Waals surface area contributed by atoms with Gasteiger partial charge in [-0.25, -0.2) is 0 Å². The Morgan fingerprint density at radius 2 is 1.94 bits per heavy atom. The molecule has 0 radical (unpaired) electrons. The molecule has 94 valence electrons. The standard InChI is InChI=1S/C17H20O/c18-16-9-11-17(16)10-3-6-14-13-5-2-1-4-12(13)7-8-15(14)17/h1-2,4-5,14-15H,3,6-11H2/t14-,15-,17+/m0/s1. The van der Waals surface area contributed by atoms with Crippen LogP contribution in [0.4, 0.5) is 0 Å². The van der Waals surface area contributed by atoms with Crippen LogP contribution in [0.15, 0.2) is 24.3 Å². The zero-order valence-corrected chi connectivity index (χ0v) is 10.8. The monoisotopic (exact) mass is 240 g/mol. The maximum absolute atomic E-state index is 12.2. The Labute approximate surface area is 109 Å². The lowest BCUT2D eigenvalue weighted by Crippen LogP contribution is -2.52. The number of fused-ring (bicyclic) bond motifs is 4. The molecule has 0 saturated heterocycles. The number of hydrogen-bond donors (Lipinski definition) is 0. The summed E-state index contributed by atoms with van der Waals surface area (Å²) < 4.78 is 0. The highest BCUT2D eigenvalue weighted by Gasteiger charge is 2.55. The van der Waals surface area contributed by atoms with Crippen molar-refractivity contribution >= 4 is 5.78 Å². The summed E-state index contributed by atoms with van der Waals surface area (Å²) in [6.07, 6.45) is 8.19. The summed E-state index contributed by atoms with van der Waals surface area (Å²) in [6, 6.07) is 8.93. The second-order valence-electron chi connectivity index (χ2n) is 6.42. The summed E-state index contributed by atoms with van der Waals surface area (Å²) in [5.41, 5.74) is 3.21. The van der Waals surface area contributed by atoms with E-state index in [1.54, 1.807) is 11.1 Å². The molecule has 0 aliphatic heterocycles. The molecule has 4 rings (SSSR count). The molecule has 3 aliphatic rings. The predicted molar refractivity (Wildman–Crippen MR) is 71.5 cm³/mol. The van der Waals surface area contributed by atoms with E-state index in [9.17, 15) is 4.79 Å². The van der Waals surface area contributed by atoms with Gasteiger partial charge in [0.1, 0.15) is 5.78 Å². The first-order valence-electron chi connectivity index (χ1n) is 7.42. The molecule has 0 bridgehead atoms. The SMILES string of the molecule is O=C1CC[C@@]12CCC[C@H]1c3ccccc3CC[C@@H]12. The highest BCUT2D eigenvalue weighted by atomic mass is 16.1. The molecule has 1 spiro atoms. The van der Waals surface area contributed by atoms with Crippen LogP contribution >= 0.6 is 0 Å². The van der Waals surface area contributed by atoms with E-state index in [1.807, 2.05) is 0 Å². The van der Waals surface area contributed by atoms with Crippen molar-refractivity contribution in [2.75, 3.05) is 0 Å². The maximum Gasteiger partial charge on any atom is 0.139 e. The van der Waals surface area contributed by atoms with Gasteiger partial charge in [-0.1, -0.05) is 30.7 Å². The minimum absolute atomic E-state index is 0.108. The van der Waals surface area contributed by atoms with Gasteiger partial charge >= 0.3 is 0 Å². The number of ketones is 1. The highest BCUT2D eigenvalue weighted by Crippen LogP contribution is 2.60. The van der Waals surface area contributed by atoms with E-state index in [-0.39, 0.29) is 5.41 Å². The van der Waals surface area contributed by atoms with Crippen LogP contribution < -0.4 is 0 Å². The Morgan fingerprint density at radius 1 is 1.06 bits per heavy atom. The molecule has 18 heavy (non-hydrogen) atoms. The first kappa shape index (κ1) is 10.8. The lowest BCUT2D eigenvalue weighted by atomic mass is 9.48. The van der Waals surface area contributed by atoms with Crippen molar-refractivity contribution in [3.63, 3.8) is 0 Å². The average Bonchev–Trinajstić information content (AvgIpc) is 2.44. The van der Waals surface area contributed by atoms with Crippen molar-refractivity contribution in [3.8, 4) is 0 Å². The molecule has 2 saturated carbocycles. The number of carbonyl (C=O) groups excluding carboxylic acids is 1. The van der Waals surface area contributed by atoms with Gasteiger partial charge in [0.15, 0.2) is 0 Å². The molecule has 0 aromatic heterocycles. The van der Waals surface area contributed by atoms with E-state index in [4.69, 9.17) is 0 Å². The Kier molecular flexibility index (Phi) is 2.21. The van der Waals surface area contributed by atoms with Gasteiger partial charge in [0.25, 0.3) is 0 Å². The van der Waals surface area contributed by atoms with E-state index in [0.29, 0.717) is 17.6 Å². The van der Waals surface area contributed by atoms with Crippen LogP contribution in [0.3, 0.4) is 0 Å². The normalized spacial score (nSPS) is 37.9. The molecule has 1 aromatic carbocycles. The molecule has 3 aliphatic carbocycles. The quantitative estimate of drug-likeness (QED) is 0.673. The summed E-state index contributed by atoms with van der Waals surface area (Å²) >= 11 is 0. The summed E-state index contributed by atoms with van der Waals surface area (Å²) in [5, 5.41) is 0. The second-order valence-corrected chi connectivity index (χ2v) is 6.42. The Morgan fingerprint density at radius 3 is 2.72 bits per heavy atom. The molecule has 1 nitrogen and oxygen atoms in total. The molecule has 0 heterocycles. The average molecular weight is 240 g/mol. The van der Waals surface area contributed by atoms with Gasteiger partial charge in [-0.05, 0) is 55.1 Å². The van der Waals surface area contributed by atoms with Crippen molar-refractivity contribution in [2.24, 2.45) is 11.3 Å². The molecule has 3 atom stereocenters. The van der Waals surface area contributed by atoms with Gasteiger partial charge in [0.05, 0.1) is 0 Å². The van der Waals surface area contributed by atoms with Gasteiger partial charge in [-0.15, -0.1) is 0 Å². The van der Waals surface area contributed by atoms with Crippen molar-refractivity contribution in [3.05, 3.63) is 35.4 Å². The van der Waals surface area contributed by atoms with Crippen molar-refractivity contribution in [1.29, 1.82) is 0 Å². The fraction of sp³-hybridized carbons (Fsp3) is 0.588. The lowest BCUT2D eigenvalue weighted by Gasteiger charge is -2.54. The van der Waals surface area contributed by atoms with Crippen LogP contribution in [0.5, 0.6) is 0 Å². The second kappa shape index (κ2) is 3.69. The number of aryl methyl sites for hydroxylation is 1. The summed E-state index contributed by atoms with van der Waals surface area (Å²) in [4.78, 5) is 12.2. The first-order chi connectivity index (χ1) is 8.81. The summed E-state index contributed by atoms with van der Waals surface area (Å²) in [5.74, 6) is 1.91. The van der Waals surface area contributed by atoms with Gasteiger partial charge in [0.2, 0.25) is 0 Å². The van der Waals surface area contributed by atoms with E-state index in [2.05, 4.69) is 24.3 Å². The van der Waals surface area contributed by atoms with E-state index < -0.39 is 0 Å². The minimum atomic E-state index is 0.108. The molecule has 2 fully saturated rings.